The quantitative estimate of drug-likeness (QED) is 0.186. The maximum absolute atomic E-state index is 13.3. The molecule has 0 saturated heterocycles. The number of nitrogens with one attached hydrogen (secondary N) is 2. The molecule has 2 heterocycles. The van der Waals surface area contributed by atoms with Crippen molar-refractivity contribution < 1.29 is 30.8 Å². The summed E-state index contributed by atoms with van der Waals surface area (Å²) in [5, 5.41) is 5.96. The lowest BCUT2D eigenvalue weighted by atomic mass is 10.1. The fourth-order valence-corrected chi connectivity index (χ4v) is 6.05. The summed E-state index contributed by atoms with van der Waals surface area (Å²) in [5.74, 6) is -0.726. The van der Waals surface area contributed by atoms with Crippen LogP contribution in [-0.2, 0) is 34.1 Å². The van der Waals surface area contributed by atoms with Gasteiger partial charge in [0.05, 0.1) is 16.2 Å². The van der Waals surface area contributed by atoms with Crippen LogP contribution in [0.1, 0.15) is 16.7 Å². The summed E-state index contributed by atoms with van der Waals surface area (Å²) >= 11 is 0. The van der Waals surface area contributed by atoms with Crippen LogP contribution >= 0.6 is 0 Å². The Balaban J connectivity index is 1.36. The Morgan fingerprint density at radius 1 is 0.907 bits per heavy atom. The maximum atomic E-state index is 13.3. The zero-order chi connectivity index (χ0) is 30.6. The van der Waals surface area contributed by atoms with Crippen molar-refractivity contribution in [1.29, 1.82) is 0 Å². The van der Waals surface area contributed by atoms with Gasteiger partial charge in [0.1, 0.15) is 17.7 Å². The largest absolute Gasteiger partial charge is 0.416 e. The van der Waals surface area contributed by atoms with Gasteiger partial charge in [0.15, 0.2) is 0 Å². The van der Waals surface area contributed by atoms with Crippen LogP contribution in [0.4, 0.5) is 23.4 Å². The molecule has 2 N–H and O–H groups in total. The van der Waals surface area contributed by atoms with E-state index in [-0.39, 0.29) is 18.0 Å². The number of anilines is 1. The number of amides is 1. The summed E-state index contributed by atoms with van der Waals surface area (Å²) in [4.78, 5) is 17.6. The molecule has 1 aromatic heterocycles. The molecule has 7 nitrogen and oxygen atoms in total. The number of aromatic nitrogens is 1. The van der Waals surface area contributed by atoms with Gasteiger partial charge in [0, 0.05) is 25.2 Å². The smallest absolute Gasteiger partial charge is 0.366 e. The lowest BCUT2D eigenvalue weighted by Crippen LogP contribution is -2.45. The van der Waals surface area contributed by atoms with Gasteiger partial charge >= 0.3 is 6.18 Å². The highest BCUT2D eigenvalue weighted by molar-refractivity contribution is 7.89. The number of carbonyl (C=O) groups excluding carboxylic acids is 1. The van der Waals surface area contributed by atoms with E-state index in [4.69, 9.17) is 0 Å². The molecule has 1 atom stereocenters. The minimum atomic E-state index is -4.48. The van der Waals surface area contributed by atoms with Gasteiger partial charge in [-0.15, -0.1) is 0 Å². The Bertz CT molecular complexity index is 1730. The number of pyridine rings is 1. The molecule has 0 radical (unpaired) electrons. The third kappa shape index (κ3) is 7.09. The number of alkyl halides is 3. The summed E-state index contributed by atoms with van der Waals surface area (Å²) < 4.78 is 80.0. The van der Waals surface area contributed by atoms with E-state index in [1.165, 1.54) is 18.2 Å². The van der Waals surface area contributed by atoms with Gasteiger partial charge in [-0.3, -0.25) is 4.79 Å². The molecule has 5 rings (SSSR count). The van der Waals surface area contributed by atoms with Crippen molar-refractivity contribution in [2.45, 2.75) is 30.2 Å². The van der Waals surface area contributed by atoms with Gasteiger partial charge in [0.2, 0.25) is 15.9 Å². The molecule has 222 valence electrons. The van der Waals surface area contributed by atoms with Crippen LogP contribution in [0.5, 0.6) is 0 Å². The second-order valence-electron chi connectivity index (χ2n) is 9.78. The second kappa shape index (κ2) is 12.4. The van der Waals surface area contributed by atoms with Gasteiger partial charge < -0.3 is 10.6 Å². The standard InChI is InChI=1S/C31H26F4N4O3S/c32-25-12-14-26(15-13-25)43(41,42)39-16-4-7-28(39)30(40)37-20-22-17-27(23-8-10-24(11-9-23)31(33,34)35)38-29(18-22)36-19-21-5-2-1-3-6-21/h1-15,17-18,28H,16,19-20H2,(H,36,38)(H,37,40). The molecule has 1 aliphatic rings. The SMILES string of the molecule is O=C(NCc1cc(NCc2ccccc2)nc(-c2ccc(C(F)(F)F)cc2)c1)C1C=CCN1S(=O)(=O)c1ccc(F)cc1. The molecule has 0 saturated carbocycles. The third-order valence-electron chi connectivity index (χ3n) is 6.78. The van der Waals surface area contributed by atoms with Gasteiger partial charge in [-0.25, -0.2) is 17.8 Å². The number of nitrogens with zero attached hydrogens (tertiary/aromatic N) is 2. The Morgan fingerprint density at radius 2 is 1.60 bits per heavy atom. The predicted octanol–water partition coefficient (Wildman–Crippen LogP) is 5.76. The number of hydrogen-bond donors (Lipinski definition) is 2. The molecular weight excluding hydrogens is 584 g/mol. The van der Waals surface area contributed by atoms with Crippen LogP contribution in [0.15, 0.2) is 108 Å². The van der Waals surface area contributed by atoms with Gasteiger partial charge in [-0.2, -0.15) is 17.5 Å². The van der Waals surface area contributed by atoms with Crippen molar-refractivity contribution in [3.63, 3.8) is 0 Å². The Morgan fingerprint density at radius 3 is 2.28 bits per heavy atom. The second-order valence-corrected chi connectivity index (χ2v) is 11.7. The zero-order valence-electron chi connectivity index (χ0n) is 22.6. The average Bonchev–Trinajstić information content (AvgIpc) is 3.51. The normalized spacial score (nSPS) is 15.4. The Labute approximate surface area is 245 Å². The minimum absolute atomic E-state index is 0.0101. The minimum Gasteiger partial charge on any atom is -0.366 e. The molecule has 0 spiro atoms. The lowest BCUT2D eigenvalue weighted by molar-refractivity contribution is -0.137. The van der Waals surface area contributed by atoms with Crippen molar-refractivity contribution in [2.75, 3.05) is 11.9 Å². The molecular formula is C31H26F4N4O3S. The van der Waals surface area contributed by atoms with E-state index in [9.17, 15) is 30.8 Å². The molecule has 1 amide bonds. The molecule has 0 bridgehead atoms. The highest BCUT2D eigenvalue weighted by atomic mass is 32.2. The Hall–Kier alpha value is -4.55. The first-order valence-corrected chi connectivity index (χ1v) is 14.6. The molecule has 1 unspecified atom stereocenters. The van der Waals surface area contributed by atoms with E-state index in [2.05, 4.69) is 15.6 Å². The van der Waals surface area contributed by atoms with Gasteiger partial charge in [0.25, 0.3) is 0 Å². The van der Waals surface area contributed by atoms with Crippen LogP contribution in [0, 0.1) is 5.82 Å². The van der Waals surface area contributed by atoms with Crippen molar-refractivity contribution in [1.82, 2.24) is 14.6 Å². The molecule has 3 aromatic carbocycles. The van der Waals surface area contributed by atoms with Crippen LogP contribution in [-0.4, -0.2) is 36.2 Å². The summed E-state index contributed by atoms with van der Waals surface area (Å²) in [6, 6.07) is 20.7. The summed E-state index contributed by atoms with van der Waals surface area (Å²) in [5.41, 5.74) is 1.61. The van der Waals surface area contributed by atoms with Crippen molar-refractivity contribution >= 4 is 21.7 Å². The number of hydrogen-bond acceptors (Lipinski definition) is 5. The fraction of sp³-hybridized carbons (Fsp3) is 0.161. The maximum Gasteiger partial charge on any atom is 0.416 e. The van der Waals surface area contributed by atoms with Crippen LogP contribution in [0.2, 0.25) is 0 Å². The number of sulfonamides is 1. The Kier molecular flexibility index (Phi) is 8.60. The molecule has 1 aliphatic heterocycles. The summed E-state index contributed by atoms with van der Waals surface area (Å²) in [6.45, 7) is 0.391. The van der Waals surface area contributed by atoms with Crippen molar-refractivity contribution in [3.05, 3.63) is 126 Å². The highest BCUT2D eigenvalue weighted by Gasteiger charge is 2.36. The summed E-state index contributed by atoms with van der Waals surface area (Å²) in [7, 11) is -4.09. The topological polar surface area (TPSA) is 91.4 Å². The monoisotopic (exact) mass is 610 g/mol. The van der Waals surface area contributed by atoms with Gasteiger partial charge in [-0.05, 0) is 59.7 Å². The van der Waals surface area contributed by atoms with Gasteiger partial charge in [-0.1, -0.05) is 54.6 Å². The fourth-order valence-electron chi connectivity index (χ4n) is 4.55. The summed E-state index contributed by atoms with van der Waals surface area (Å²) in [6.07, 6.45) is -1.44. The van der Waals surface area contributed by atoms with Crippen LogP contribution in [0.25, 0.3) is 11.3 Å². The van der Waals surface area contributed by atoms with Crippen LogP contribution < -0.4 is 10.6 Å². The van der Waals surface area contributed by atoms with E-state index in [0.717, 1.165) is 46.3 Å². The van der Waals surface area contributed by atoms with E-state index in [0.29, 0.717) is 29.2 Å². The molecule has 12 heteroatoms. The van der Waals surface area contributed by atoms with E-state index >= 15 is 0 Å². The molecule has 0 aliphatic carbocycles. The van der Waals surface area contributed by atoms with E-state index in [1.54, 1.807) is 18.2 Å². The number of halogens is 4. The van der Waals surface area contributed by atoms with Crippen molar-refractivity contribution in [3.8, 4) is 11.3 Å². The third-order valence-corrected chi connectivity index (χ3v) is 8.64. The molecule has 0 fully saturated rings. The first kappa shape index (κ1) is 29.9. The van der Waals surface area contributed by atoms with Crippen molar-refractivity contribution in [2.24, 2.45) is 0 Å². The van der Waals surface area contributed by atoms with E-state index < -0.39 is 39.5 Å². The number of carbonyl (C=O) groups is 1. The number of rotatable bonds is 9. The number of benzene rings is 3. The first-order valence-electron chi connectivity index (χ1n) is 13.2. The zero-order valence-corrected chi connectivity index (χ0v) is 23.4. The van der Waals surface area contributed by atoms with E-state index in [1.807, 2.05) is 30.3 Å². The molecule has 43 heavy (non-hydrogen) atoms. The first-order chi connectivity index (χ1) is 20.5. The predicted molar refractivity (Wildman–Crippen MR) is 154 cm³/mol. The highest BCUT2D eigenvalue weighted by Crippen LogP contribution is 2.31. The lowest BCUT2D eigenvalue weighted by Gasteiger charge is -2.23. The van der Waals surface area contributed by atoms with Crippen LogP contribution in [0.3, 0.4) is 0 Å². The molecule has 4 aromatic rings. The average molecular weight is 611 g/mol.